The molecule has 0 fully saturated rings. The lowest BCUT2D eigenvalue weighted by Gasteiger charge is -2.08. The van der Waals surface area contributed by atoms with Crippen LogP contribution < -0.4 is 10.1 Å². The Balaban J connectivity index is 1.70. The first-order chi connectivity index (χ1) is 10.1. The molecule has 0 atom stereocenters. The van der Waals surface area contributed by atoms with E-state index in [2.05, 4.69) is 27.9 Å². The summed E-state index contributed by atoms with van der Waals surface area (Å²) in [6.07, 6.45) is 0.460. The summed E-state index contributed by atoms with van der Waals surface area (Å²) >= 11 is 2.20. The van der Waals surface area contributed by atoms with Crippen LogP contribution in [0.1, 0.15) is 5.56 Å². The second-order valence-electron chi connectivity index (χ2n) is 4.43. The number of carbonyl (C=O) groups excluding carboxylic acids is 1. The smallest absolute Gasteiger partial charge is 0.257 e. The Hall–Kier alpha value is -1.63. The van der Waals surface area contributed by atoms with E-state index in [1.54, 1.807) is 18.2 Å². The van der Waals surface area contributed by atoms with Crippen LogP contribution in [0.25, 0.3) is 0 Å². The summed E-state index contributed by atoms with van der Waals surface area (Å²) < 4.78 is 19.8. The summed E-state index contributed by atoms with van der Waals surface area (Å²) in [4.78, 5) is 11.6. The van der Waals surface area contributed by atoms with Gasteiger partial charge in [0.05, 0.1) is 0 Å². The minimum Gasteiger partial charge on any atom is -0.484 e. The van der Waals surface area contributed by atoms with E-state index in [0.29, 0.717) is 24.3 Å². The minimum atomic E-state index is -0.248. The van der Waals surface area contributed by atoms with E-state index in [0.717, 1.165) is 3.57 Å². The molecular formula is C16H15FINO2. The summed E-state index contributed by atoms with van der Waals surface area (Å²) in [5, 5.41) is 2.71. The molecule has 0 saturated heterocycles. The lowest BCUT2D eigenvalue weighted by atomic mass is 10.1. The zero-order valence-corrected chi connectivity index (χ0v) is 13.5. The van der Waals surface area contributed by atoms with Crippen LogP contribution in [0.15, 0.2) is 48.5 Å². The van der Waals surface area contributed by atoms with E-state index in [-0.39, 0.29) is 18.3 Å². The van der Waals surface area contributed by atoms with Gasteiger partial charge in [0, 0.05) is 10.1 Å². The molecule has 0 bridgehead atoms. The van der Waals surface area contributed by atoms with E-state index in [4.69, 9.17) is 4.74 Å². The average molecular weight is 399 g/mol. The molecule has 0 aliphatic carbocycles. The normalized spacial score (nSPS) is 10.2. The fraction of sp³-hybridized carbons (Fsp3) is 0.188. The van der Waals surface area contributed by atoms with Crippen LogP contribution in [0, 0.1) is 9.39 Å². The van der Waals surface area contributed by atoms with E-state index in [9.17, 15) is 9.18 Å². The predicted molar refractivity (Wildman–Crippen MR) is 87.8 cm³/mol. The fourth-order valence-electron chi connectivity index (χ4n) is 1.77. The Bertz CT molecular complexity index is 601. The van der Waals surface area contributed by atoms with Gasteiger partial charge in [-0.2, -0.15) is 0 Å². The van der Waals surface area contributed by atoms with Gasteiger partial charge in [0.2, 0.25) is 0 Å². The maximum atomic E-state index is 13.4. The number of rotatable bonds is 6. The van der Waals surface area contributed by atoms with Crippen LogP contribution in [0.5, 0.6) is 5.75 Å². The quantitative estimate of drug-likeness (QED) is 0.759. The number of ether oxygens (including phenoxy) is 1. The van der Waals surface area contributed by atoms with Gasteiger partial charge >= 0.3 is 0 Å². The van der Waals surface area contributed by atoms with Gasteiger partial charge in [-0.15, -0.1) is 0 Å². The van der Waals surface area contributed by atoms with Crippen molar-refractivity contribution in [3.63, 3.8) is 0 Å². The van der Waals surface area contributed by atoms with Gasteiger partial charge in [-0.3, -0.25) is 4.79 Å². The first kappa shape index (κ1) is 15.8. The van der Waals surface area contributed by atoms with Crippen molar-refractivity contribution in [1.29, 1.82) is 0 Å². The molecule has 1 amide bonds. The summed E-state index contributed by atoms with van der Waals surface area (Å²) in [6.45, 7) is 0.341. The zero-order chi connectivity index (χ0) is 15.1. The molecule has 0 aromatic heterocycles. The molecule has 0 spiro atoms. The molecule has 0 saturated carbocycles. The van der Waals surface area contributed by atoms with Crippen LogP contribution in [0.3, 0.4) is 0 Å². The Labute approximate surface area is 136 Å². The van der Waals surface area contributed by atoms with Gasteiger partial charge in [0.25, 0.3) is 5.91 Å². The number of benzene rings is 2. The molecule has 0 heterocycles. The second-order valence-corrected chi connectivity index (χ2v) is 5.68. The molecule has 0 radical (unpaired) electrons. The average Bonchev–Trinajstić information content (AvgIpc) is 2.49. The molecule has 5 heteroatoms. The summed E-state index contributed by atoms with van der Waals surface area (Å²) in [6, 6.07) is 14.0. The van der Waals surface area contributed by atoms with Gasteiger partial charge in [-0.25, -0.2) is 4.39 Å². The van der Waals surface area contributed by atoms with Gasteiger partial charge in [-0.05, 0) is 64.9 Å². The third-order valence-electron chi connectivity index (χ3n) is 2.86. The first-order valence-corrected chi connectivity index (χ1v) is 7.61. The van der Waals surface area contributed by atoms with Crippen molar-refractivity contribution in [1.82, 2.24) is 5.32 Å². The van der Waals surface area contributed by atoms with Gasteiger partial charge < -0.3 is 10.1 Å². The monoisotopic (exact) mass is 399 g/mol. The molecular weight excluding hydrogens is 384 g/mol. The Morgan fingerprint density at radius 2 is 1.86 bits per heavy atom. The van der Waals surface area contributed by atoms with Crippen molar-refractivity contribution < 1.29 is 13.9 Å². The van der Waals surface area contributed by atoms with Crippen LogP contribution in [0.2, 0.25) is 0 Å². The summed E-state index contributed by atoms with van der Waals surface area (Å²) in [5.74, 6) is 0.187. The van der Waals surface area contributed by atoms with Crippen molar-refractivity contribution in [3.05, 3.63) is 63.5 Å². The molecule has 2 rings (SSSR count). The Morgan fingerprint density at radius 3 is 2.57 bits per heavy atom. The Kier molecular flexibility index (Phi) is 5.98. The molecule has 110 valence electrons. The van der Waals surface area contributed by atoms with Crippen LogP contribution >= 0.6 is 22.6 Å². The molecule has 2 aromatic rings. The SMILES string of the molecule is O=C(COc1ccc(I)cc1)NCCc1ccccc1F. The highest BCUT2D eigenvalue weighted by molar-refractivity contribution is 14.1. The van der Waals surface area contributed by atoms with Crippen molar-refractivity contribution in [3.8, 4) is 5.75 Å². The van der Waals surface area contributed by atoms with Crippen LogP contribution in [0.4, 0.5) is 4.39 Å². The number of carbonyl (C=O) groups is 1. The predicted octanol–water partition coefficient (Wildman–Crippen LogP) is 3.17. The molecule has 1 N–H and O–H groups in total. The van der Waals surface area contributed by atoms with Crippen molar-refractivity contribution in [2.45, 2.75) is 6.42 Å². The lowest BCUT2D eigenvalue weighted by molar-refractivity contribution is -0.123. The topological polar surface area (TPSA) is 38.3 Å². The molecule has 3 nitrogen and oxygen atoms in total. The molecule has 0 aliphatic rings. The Morgan fingerprint density at radius 1 is 1.14 bits per heavy atom. The van der Waals surface area contributed by atoms with Crippen LogP contribution in [-0.2, 0) is 11.2 Å². The maximum absolute atomic E-state index is 13.4. The highest BCUT2D eigenvalue weighted by atomic mass is 127. The summed E-state index contributed by atoms with van der Waals surface area (Å²) in [5.41, 5.74) is 0.594. The third kappa shape index (κ3) is 5.34. The van der Waals surface area contributed by atoms with Gasteiger partial charge in [-0.1, -0.05) is 18.2 Å². The van der Waals surface area contributed by atoms with E-state index >= 15 is 0 Å². The highest BCUT2D eigenvalue weighted by Crippen LogP contribution is 2.13. The third-order valence-corrected chi connectivity index (χ3v) is 3.58. The number of amides is 1. The number of halogens is 2. The lowest BCUT2D eigenvalue weighted by Crippen LogP contribution is -2.30. The van der Waals surface area contributed by atoms with Gasteiger partial charge in [0.15, 0.2) is 6.61 Å². The largest absolute Gasteiger partial charge is 0.484 e. The van der Waals surface area contributed by atoms with E-state index in [1.807, 2.05) is 24.3 Å². The molecule has 2 aromatic carbocycles. The highest BCUT2D eigenvalue weighted by Gasteiger charge is 2.04. The van der Waals surface area contributed by atoms with Crippen LogP contribution in [-0.4, -0.2) is 19.1 Å². The van der Waals surface area contributed by atoms with Crippen molar-refractivity contribution in [2.75, 3.05) is 13.2 Å². The number of nitrogens with one attached hydrogen (secondary N) is 1. The summed E-state index contributed by atoms with van der Waals surface area (Å²) in [7, 11) is 0. The second kappa shape index (κ2) is 7.97. The van der Waals surface area contributed by atoms with Crippen molar-refractivity contribution in [2.24, 2.45) is 0 Å². The fourth-order valence-corrected chi connectivity index (χ4v) is 2.13. The van der Waals surface area contributed by atoms with E-state index in [1.165, 1.54) is 6.07 Å². The number of hydrogen-bond acceptors (Lipinski definition) is 2. The maximum Gasteiger partial charge on any atom is 0.257 e. The first-order valence-electron chi connectivity index (χ1n) is 6.53. The minimum absolute atomic E-state index is 0.0438. The molecule has 0 unspecified atom stereocenters. The molecule has 21 heavy (non-hydrogen) atoms. The van der Waals surface area contributed by atoms with Gasteiger partial charge in [0.1, 0.15) is 11.6 Å². The number of hydrogen-bond donors (Lipinski definition) is 1. The van der Waals surface area contributed by atoms with Crippen molar-refractivity contribution >= 4 is 28.5 Å². The molecule has 0 aliphatic heterocycles. The van der Waals surface area contributed by atoms with E-state index < -0.39 is 0 Å². The standard InChI is InChI=1S/C16H15FINO2/c17-15-4-2-1-3-12(15)9-10-19-16(20)11-21-14-7-5-13(18)6-8-14/h1-8H,9-11H2,(H,19,20). The zero-order valence-electron chi connectivity index (χ0n) is 11.3.